The van der Waals surface area contributed by atoms with E-state index in [-0.39, 0.29) is 23.7 Å². The highest BCUT2D eigenvalue weighted by Gasteiger charge is 2.34. The summed E-state index contributed by atoms with van der Waals surface area (Å²) in [5.41, 5.74) is 0. The summed E-state index contributed by atoms with van der Waals surface area (Å²) < 4.78 is 5.46. The maximum atomic E-state index is 12.5. The molecule has 0 unspecified atom stereocenters. The monoisotopic (exact) mass is 322 g/mol. The summed E-state index contributed by atoms with van der Waals surface area (Å²) in [7, 11) is 0. The third-order valence-corrected chi connectivity index (χ3v) is 5.16. The van der Waals surface area contributed by atoms with E-state index in [4.69, 9.17) is 4.74 Å². The number of urea groups is 1. The van der Waals surface area contributed by atoms with E-state index in [0.717, 1.165) is 51.6 Å². The quantitative estimate of drug-likeness (QED) is 0.729. The second-order valence-electron chi connectivity index (χ2n) is 6.90. The molecule has 0 aromatic carbocycles. The van der Waals surface area contributed by atoms with Gasteiger partial charge in [0.15, 0.2) is 11.9 Å². The van der Waals surface area contributed by atoms with E-state index in [1.807, 2.05) is 4.90 Å². The molecule has 0 aromatic heterocycles. The summed E-state index contributed by atoms with van der Waals surface area (Å²) in [6.07, 6.45) is 6.13. The van der Waals surface area contributed by atoms with Crippen LogP contribution in [-0.4, -0.2) is 59.9 Å². The number of hydrogen-bond donors (Lipinski definition) is 0. The van der Waals surface area contributed by atoms with Gasteiger partial charge < -0.3 is 14.5 Å². The molecule has 1 aliphatic carbocycles. The summed E-state index contributed by atoms with van der Waals surface area (Å²) in [6, 6.07) is 0.0498. The predicted molar refractivity (Wildman–Crippen MR) is 83.9 cm³/mol. The third kappa shape index (κ3) is 3.85. The Bertz CT molecular complexity index is 473. The molecule has 0 bridgehead atoms. The molecular weight excluding hydrogens is 296 g/mol. The van der Waals surface area contributed by atoms with Crippen molar-refractivity contribution in [1.82, 2.24) is 9.80 Å². The summed E-state index contributed by atoms with van der Waals surface area (Å²) in [6.45, 7) is 2.78. The molecule has 0 radical (unpaired) electrons. The average molecular weight is 322 g/mol. The number of rotatable bonds is 2. The van der Waals surface area contributed by atoms with Gasteiger partial charge in [-0.1, -0.05) is 0 Å². The number of Topliss-reactive ketones (excluding diaryl/α,β-unsaturated/α-hetero) is 1. The van der Waals surface area contributed by atoms with E-state index in [9.17, 15) is 14.4 Å². The van der Waals surface area contributed by atoms with Crippen LogP contribution in [0, 0.1) is 5.92 Å². The van der Waals surface area contributed by atoms with Crippen molar-refractivity contribution < 1.29 is 19.1 Å². The van der Waals surface area contributed by atoms with Crippen molar-refractivity contribution in [2.75, 3.05) is 26.2 Å². The zero-order valence-electron chi connectivity index (χ0n) is 13.7. The molecule has 6 nitrogen and oxygen atoms in total. The van der Waals surface area contributed by atoms with Crippen LogP contribution in [-0.2, 0) is 14.3 Å². The van der Waals surface area contributed by atoms with Gasteiger partial charge in [-0.15, -0.1) is 0 Å². The molecule has 128 valence electrons. The Balaban J connectivity index is 1.53. The van der Waals surface area contributed by atoms with Crippen LogP contribution in [0.5, 0.6) is 0 Å². The van der Waals surface area contributed by atoms with Crippen molar-refractivity contribution in [1.29, 1.82) is 0 Å². The van der Waals surface area contributed by atoms with Crippen molar-refractivity contribution in [3.05, 3.63) is 0 Å². The normalized spacial score (nSPS) is 28.8. The Kier molecular flexibility index (Phi) is 5.18. The number of carbonyl (C=O) groups excluding carboxylic acids is 3. The van der Waals surface area contributed by atoms with Gasteiger partial charge in [0.25, 0.3) is 0 Å². The largest absolute Gasteiger partial charge is 0.454 e. The van der Waals surface area contributed by atoms with Crippen molar-refractivity contribution in [3.63, 3.8) is 0 Å². The van der Waals surface area contributed by atoms with Gasteiger partial charge in [0.1, 0.15) is 0 Å². The highest BCUT2D eigenvalue weighted by molar-refractivity contribution is 5.86. The van der Waals surface area contributed by atoms with Crippen LogP contribution in [0.4, 0.5) is 4.79 Å². The fraction of sp³-hybridized carbons (Fsp3) is 0.824. The predicted octanol–water partition coefficient (Wildman–Crippen LogP) is 1.97. The molecule has 3 rings (SSSR count). The second-order valence-corrected chi connectivity index (χ2v) is 6.90. The topological polar surface area (TPSA) is 66.9 Å². The van der Waals surface area contributed by atoms with E-state index in [0.29, 0.717) is 25.9 Å². The average Bonchev–Trinajstić information content (AvgIpc) is 3.11. The first-order valence-corrected chi connectivity index (χ1v) is 8.92. The molecule has 0 spiro atoms. The van der Waals surface area contributed by atoms with Crippen LogP contribution >= 0.6 is 0 Å². The number of esters is 1. The van der Waals surface area contributed by atoms with E-state index < -0.39 is 6.10 Å². The van der Waals surface area contributed by atoms with Gasteiger partial charge in [-0.05, 0) is 44.9 Å². The minimum absolute atomic E-state index is 0.0467. The van der Waals surface area contributed by atoms with Gasteiger partial charge >= 0.3 is 12.0 Å². The second kappa shape index (κ2) is 7.32. The van der Waals surface area contributed by atoms with Crippen LogP contribution in [0.1, 0.15) is 51.4 Å². The first-order valence-electron chi connectivity index (χ1n) is 8.92. The molecule has 2 amide bonds. The molecule has 0 N–H and O–H groups in total. The lowest BCUT2D eigenvalue weighted by molar-refractivity contribution is -0.162. The number of ketones is 1. The van der Waals surface area contributed by atoms with Crippen LogP contribution < -0.4 is 0 Å². The number of nitrogens with zero attached hydrogens (tertiary/aromatic N) is 2. The fourth-order valence-corrected chi connectivity index (χ4v) is 3.76. The molecule has 3 fully saturated rings. The van der Waals surface area contributed by atoms with Crippen LogP contribution in [0.3, 0.4) is 0 Å². The van der Waals surface area contributed by atoms with E-state index in [1.165, 1.54) is 0 Å². The number of ether oxygens (including phenoxy) is 1. The fourth-order valence-electron chi connectivity index (χ4n) is 3.76. The van der Waals surface area contributed by atoms with Gasteiger partial charge in [-0.25, -0.2) is 4.79 Å². The van der Waals surface area contributed by atoms with Crippen LogP contribution in [0.25, 0.3) is 0 Å². The van der Waals surface area contributed by atoms with Gasteiger partial charge in [0.05, 0.1) is 5.92 Å². The zero-order chi connectivity index (χ0) is 16.2. The molecule has 3 aliphatic rings. The van der Waals surface area contributed by atoms with E-state index in [1.54, 1.807) is 4.90 Å². The molecular formula is C17H26N2O4. The first-order chi connectivity index (χ1) is 11.1. The third-order valence-electron chi connectivity index (χ3n) is 5.16. The minimum Gasteiger partial charge on any atom is -0.454 e. The Labute approximate surface area is 137 Å². The minimum atomic E-state index is -0.555. The summed E-state index contributed by atoms with van der Waals surface area (Å²) in [4.78, 5) is 40.3. The number of carbonyl (C=O) groups is 3. The number of likely N-dealkylation sites (tertiary alicyclic amines) is 2. The van der Waals surface area contributed by atoms with Crippen molar-refractivity contribution in [2.24, 2.45) is 5.92 Å². The Morgan fingerprint density at radius 2 is 1.65 bits per heavy atom. The van der Waals surface area contributed by atoms with E-state index >= 15 is 0 Å². The number of hydrogen-bond acceptors (Lipinski definition) is 4. The SMILES string of the molecule is O=C(O[C@@H]1CCCCC1=O)[C@H]1CCCN(C(=O)N2CCCC2)C1. The summed E-state index contributed by atoms with van der Waals surface area (Å²) in [5, 5.41) is 0. The lowest BCUT2D eigenvalue weighted by Gasteiger charge is -2.34. The van der Waals surface area contributed by atoms with Gasteiger partial charge in [-0.2, -0.15) is 0 Å². The molecule has 1 saturated carbocycles. The lowest BCUT2D eigenvalue weighted by Crippen LogP contribution is -2.48. The Hall–Kier alpha value is -1.59. The molecule has 0 aromatic rings. The molecule has 2 saturated heterocycles. The lowest BCUT2D eigenvalue weighted by atomic mass is 9.95. The maximum Gasteiger partial charge on any atom is 0.320 e. The van der Waals surface area contributed by atoms with Crippen molar-refractivity contribution >= 4 is 17.8 Å². The standard InChI is InChI=1S/C17H26N2O4/c20-14-7-1-2-8-15(14)23-16(21)13-6-5-11-19(12-13)17(22)18-9-3-4-10-18/h13,15H,1-12H2/t13-,15+/m0/s1. The molecule has 6 heteroatoms. The van der Waals surface area contributed by atoms with Crippen LogP contribution in [0.2, 0.25) is 0 Å². The van der Waals surface area contributed by atoms with Crippen molar-refractivity contribution in [3.8, 4) is 0 Å². The highest BCUT2D eigenvalue weighted by atomic mass is 16.5. The number of amides is 2. The molecule has 2 atom stereocenters. The van der Waals surface area contributed by atoms with Gasteiger partial charge in [0.2, 0.25) is 0 Å². The zero-order valence-corrected chi connectivity index (χ0v) is 13.7. The van der Waals surface area contributed by atoms with Crippen LogP contribution in [0.15, 0.2) is 0 Å². The highest BCUT2D eigenvalue weighted by Crippen LogP contribution is 2.23. The summed E-state index contributed by atoms with van der Waals surface area (Å²) in [5.74, 6) is -0.542. The first kappa shape index (κ1) is 16.3. The molecule has 2 heterocycles. The van der Waals surface area contributed by atoms with Gasteiger partial charge in [-0.3, -0.25) is 9.59 Å². The Morgan fingerprint density at radius 3 is 2.39 bits per heavy atom. The maximum absolute atomic E-state index is 12.5. The molecule has 23 heavy (non-hydrogen) atoms. The van der Waals surface area contributed by atoms with Gasteiger partial charge in [0, 0.05) is 32.6 Å². The Morgan fingerprint density at radius 1 is 0.913 bits per heavy atom. The van der Waals surface area contributed by atoms with Crippen molar-refractivity contribution in [2.45, 2.75) is 57.5 Å². The number of piperidine rings is 1. The summed E-state index contributed by atoms with van der Waals surface area (Å²) >= 11 is 0. The van der Waals surface area contributed by atoms with E-state index in [2.05, 4.69) is 0 Å². The molecule has 2 aliphatic heterocycles. The smallest absolute Gasteiger partial charge is 0.320 e.